The normalized spacial score (nSPS) is 10.9. The van der Waals surface area contributed by atoms with Gasteiger partial charge in [0.1, 0.15) is 5.75 Å². The van der Waals surface area contributed by atoms with E-state index in [-0.39, 0.29) is 12.5 Å². The summed E-state index contributed by atoms with van der Waals surface area (Å²) < 4.78 is 10.4. The van der Waals surface area contributed by atoms with Crippen LogP contribution in [0.4, 0.5) is 5.69 Å². The first-order chi connectivity index (χ1) is 12.0. The molecule has 1 aromatic carbocycles. The van der Waals surface area contributed by atoms with E-state index >= 15 is 0 Å². The van der Waals surface area contributed by atoms with Gasteiger partial charge in [0.05, 0.1) is 25.9 Å². The molecule has 0 saturated carbocycles. The van der Waals surface area contributed by atoms with E-state index in [1.165, 1.54) is 7.11 Å². The van der Waals surface area contributed by atoms with Gasteiger partial charge in [0, 0.05) is 11.4 Å². The predicted molar refractivity (Wildman–Crippen MR) is 95.9 cm³/mol. The Hall–Kier alpha value is -2.12. The highest BCUT2D eigenvalue weighted by molar-refractivity contribution is 6.31. The van der Waals surface area contributed by atoms with Crippen molar-refractivity contribution in [2.75, 3.05) is 26.0 Å². The Morgan fingerprint density at radius 1 is 1.44 bits per heavy atom. The standard InChI is InChI=1S/C17H23ClN4O3/c1-4-5-6-15-20-17(25-21-15)11-22(2)10-16(23)19-13-9-12(18)7-8-14(13)24-3/h7-9H,4-6,10-11H2,1-3H3,(H,19,23). The van der Waals surface area contributed by atoms with Crippen LogP contribution in [0.1, 0.15) is 31.5 Å². The summed E-state index contributed by atoms with van der Waals surface area (Å²) in [6.07, 6.45) is 2.91. The number of methoxy groups -OCH3 is 1. The molecule has 25 heavy (non-hydrogen) atoms. The minimum Gasteiger partial charge on any atom is -0.495 e. The van der Waals surface area contributed by atoms with E-state index in [9.17, 15) is 4.79 Å². The number of amides is 1. The largest absolute Gasteiger partial charge is 0.495 e. The number of aryl methyl sites for hydroxylation is 1. The molecule has 1 amide bonds. The summed E-state index contributed by atoms with van der Waals surface area (Å²) in [4.78, 5) is 18.3. The molecule has 0 saturated heterocycles. The molecule has 0 aliphatic carbocycles. The smallest absolute Gasteiger partial charge is 0.240 e. The predicted octanol–water partition coefficient (Wildman–Crippen LogP) is 3.14. The number of hydrogen-bond donors (Lipinski definition) is 1. The minimum atomic E-state index is -0.186. The minimum absolute atomic E-state index is 0.169. The zero-order valence-electron chi connectivity index (χ0n) is 14.7. The van der Waals surface area contributed by atoms with E-state index in [0.29, 0.717) is 34.7 Å². The number of carbonyl (C=O) groups is 1. The van der Waals surface area contributed by atoms with E-state index in [2.05, 4.69) is 22.4 Å². The summed E-state index contributed by atoms with van der Waals surface area (Å²) >= 11 is 5.96. The second kappa shape index (κ2) is 9.39. The summed E-state index contributed by atoms with van der Waals surface area (Å²) in [7, 11) is 3.35. The van der Waals surface area contributed by atoms with Crippen molar-refractivity contribution in [3.8, 4) is 5.75 Å². The van der Waals surface area contributed by atoms with Gasteiger partial charge < -0.3 is 14.6 Å². The molecular weight excluding hydrogens is 344 g/mol. The molecule has 0 spiro atoms. The van der Waals surface area contributed by atoms with Crippen molar-refractivity contribution >= 4 is 23.2 Å². The number of aromatic nitrogens is 2. The summed E-state index contributed by atoms with van der Waals surface area (Å²) in [6, 6.07) is 5.06. The summed E-state index contributed by atoms with van der Waals surface area (Å²) in [5.41, 5.74) is 0.535. The number of hydrogen-bond acceptors (Lipinski definition) is 6. The van der Waals surface area contributed by atoms with E-state index < -0.39 is 0 Å². The molecule has 1 heterocycles. The molecular formula is C17H23ClN4O3. The maximum absolute atomic E-state index is 12.2. The fourth-order valence-corrected chi connectivity index (χ4v) is 2.46. The number of nitrogens with one attached hydrogen (secondary N) is 1. The molecule has 0 unspecified atom stereocenters. The quantitative estimate of drug-likeness (QED) is 0.734. The van der Waals surface area contributed by atoms with Gasteiger partial charge in [0.2, 0.25) is 11.8 Å². The van der Waals surface area contributed by atoms with Crippen molar-refractivity contribution in [1.82, 2.24) is 15.0 Å². The highest BCUT2D eigenvalue weighted by Crippen LogP contribution is 2.27. The molecule has 0 radical (unpaired) electrons. The molecule has 136 valence electrons. The molecule has 0 aliphatic heterocycles. The van der Waals surface area contributed by atoms with Gasteiger partial charge >= 0.3 is 0 Å². The van der Waals surface area contributed by atoms with Gasteiger partial charge in [-0.05, 0) is 31.7 Å². The first kappa shape index (κ1) is 19.2. The summed E-state index contributed by atoms with van der Waals surface area (Å²) in [6.45, 7) is 2.68. The lowest BCUT2D eigenvalue weighted by Crippen LogP contribution is -2.30. The van der Waals surface area contributed by atoms with Crippen LogP contribution < -0.4 is 10.1 Å². The van der Waals surface area contributed by atoms with Crippen LogP contribution in [0.3, 0.4) is 0 Å². The van der Waals surface area contributed by atoms with E-state index in [1.54, 1.807) is 23.1 Å². The van der Waals surface area contributed by atoms with Crippen molar-refractivity contribution in [3.05, 3.63) is 34.9 Å². The number of ether oxygens (including phenoxy) is 1. The Morgan fingerprint density at radius 3 is 2.96 bits per heavy atom. The SMILES string of the molecule is CCCCc1noc(CN(C)CC(=O)Nc2cc(Cl)ccc2OC)n1. The van der Waals surface area contributed by atoms with Crippen molar-refractivity contribution in [1.29, 1.82) is 0 Å². The number of benzene rings is 1. The van der Waals surface area contributed by atoms with E-state index in [4.69, 9.17) is 20.9 Å². The lowest BCUT2D eigenvalue weighted by atomic mass is 10.2. The monoisotopic (exact) mass is 366 g/mol. The van der Waals surface area contributed by atoms with Crippen LogP contribution in [0.5, 0.6) is 5.75 Å². The number of anilines is 1. The molecule has 1 aromatic heterocycles. The molecule has 7 nitrogen and oxygen atoms in total. The number of nitrogens with zero attached hydrogens (tertiary/aromatic N) is 3. The number of rotatable bonds is 9. The summed E-state index contributed by atoms with van der Waals surface area (Å²) in [5, 5.41) is 7.26. The highest BCUT2D eigenvalue weighted by Gasteiger charge is 2.14. The average Bonchev–Trinajstić information content (AvgIpc) is 3.00. The van der Waals surface area contributed by atoms with Crippen molar-refractivity contribution < 1.29 is 14.1 Å². The van der Waals surface area contributed by atoms with E-state index in [0.717, 1.165) is 19.3 Å². The topological polar surface area (TPSA) is 80.5 Å². The molecule has 2 aromatic rings. The van der Waals surface area contributed by atoms with Crippen LogP contribution in [0.15, 0.2) is 22.7 Å². The molecule has 0 fully saturated rings. The molecule has 0 bridgehead atoms. The maximum Gasteiger partial charge on any atom is 0.240 e. The number of likely N-dealkylation sites (N-methyl/N-ethyl adjacent to an activating group) is 1. The van der Waals surface area contributed by atoms with Gasteiger partial charge in [-0.15, -0.1) is 0 Å². The van der Waals surface area contributed by atoms with Gasteiger partial charge in [-0.25, -0.2) is 0 Å². The van der Waals surface area contributed by atoms with Crippen LogP contribution in [0.25, 0.3) is 0 Å². The Labute approximate surface area is 152 Å². The molecule has 0 aliphatic rings. The zero-order chi connectivity index (χ0) is 18.2. The summed E-state index contributed by atoms with van der Waals surface area (Å²) in [5.74, 6) is 1.58. The van der Waals surface area contributed by atoms with Crippen molar-refractivity contribution in [2.24, 2.45) is 0 Å². The Morgan fingerprint density at radius 2 is 2.24 bits per heavy atom. The number of unbranched alkanes of at least 4 members (excludes halogenated alkanes) is 1. The van der Waals surface area contributed by atoms with Crippen LogP contribution >= 0.6 is 11.6 Å². The zero-order valence-corrected chi connectivity index (χ0v) is 15.5. The van der Waals surface area contributed by atoms with Gasteiger partial charge in [-0.3, -0.25) is 9.69 Å². The molecule has 2 rings (SSSR count). The molecule has 0 atom stereocenters. The average molecular weight is 367 g/mol. The van der Waals surface area contributed by atoms with Gasteiger partial charge in [-0.2, -0.15) is 4.98 Å². The number of carbonyl (C=O) groups excluding carboxylic acids is 1. The van der Waals surface area contributed by atoms with Crippen LogP contribution in [-0.2, 0) is 17.8 Å². The van der Waals surface area contributed by atoms with Crippen LogP contribution in [0.2, 0.25) is 5.02 Å². The number of halogens is 1. The third-order valence-electron chi connectivity index (χ3n) is 3.52. The Kier molecular flexibility index (Phi) is 7.21. The Bertz CT molecular complexity index is 705. The lowest BCUT2D eigenvalue weighted by molar-refractivity contribution is -0.117. The molecule has 1 N–H and O–H groups in total. The fraction of sp³-hybridized carbons (Fsp3) is 0.471. The second-order valence-corrected chi connectivity index (χ2v) is 6.21. The van der Waals surface area contributed by atoms with Gasteiger partial charge in [-0.1, -0.05) is 30.1 Å². The lowest BCUT2D eigenvalue weighted by Gasteiger charge is -2.15. The second-order valence-electron chi connectivity index (χ2n) is 5.77. The first-order valence-electron chi connectivity index (χ1n) is 8.15. The Balaban J connectivity index is 1.87. The first-order valence-corrected chi connectivity index (χ1v) is 8.53. The van der Waals surface area contributed by atoms with Crippen molar-refractivity contribution in [3.63, 3.8) is 0 Å². The maximum atomic E-state index is 12.2. The third kappa shape index (κ3) is 6.03. The van der Waals surface area contributed by atoms with Crippen LogP contribution in [-0.4, -0.2) is 41.6 Å². The third-order valence-corrected chi connectivity index (χ3v) is 3.75. The van der Waals surface area contributed by atoms with Gasteiger partial charge in [0.15, 0.2) is 5.82 Å². The van der Waals surface area contributed by atoms with Crippen molar-refractivity contribution in [2.45, 2.75) is 32.7 Å². The van der Waals surface area contributed by atoms with E-state index in [1.807, 2.05) is 7.05 Å². The van der Waals surface area contributed by atoms with Gasteiger partial charge in [0.25, 0.3) is 0 Å². The fourth-order valence-electron chi connectivity index (χ4n) is 2.29. The molecule has 8 heteroatoms. The van der Waals surface area contributed by atoms with Crippen LogP contribution in [0, 0.1) is 0 Å². The highest BCUT2D eigenvalue weighted by atomic mass is 35.5.